The van der Waals surface area contributed by atoms with E-state index in [9.17, 15) is 4.79 Å². The fourth-order valence-electron chi connectivity index (χ4n) is 3.28. The van der Waals surface area contributed by atoms with Gasteiger partial charge < -0.3 is 10.1 Å². The van der Waals surface area contributed by atoms with Crippen molar-refractivity contribution in [3.8, 4) is 22.9 Å². The van der Waals surface area contributed by atoms with Gasteiger partial charge in [-0.25, -0.2) is 0 Å². The Labute approximate surface area is 197 Å². The second-order valence-corrected chi connectivity index (χ2v) is 8.30. The molecule has 166 valence electrons. The number of amides is 1. The zero-order valence-corrected chi connectivity index (χ0v) is 19.1. The molecular weight excluding hydrogens is 432 g/mol. The first-order valence-electron chi connectivity index (χ1n) is 10.5. The lowest BCUT2D eigenvalue weighted by Gasteiger charge is -2.10. The first-order chi connectivity index (χ1) is 16.1. The van der Waals surface area contributed by atoms with Crippen LogP contribution in [0.2, 0.25) is 0 Å². The molecular formula is C26H24N4O2S. The van der Waals surface area contributed by atoms with Gasteiger partial charge in [-0.2, -0.15) is 0 Å². The number of para-hydroxylation sites is 1. The minimum atomic E-state index is -0.137. The molecule has 3 aromatic carbocycles. The maximum Gasteiger partial charge on any atom is 0.234 e. The minimum absolute atomic E-state index is 0.137. The number of carbonyl (C=O) groups is 1. The molecule has 4 rings (SSSR count). The molecule has 0 radical (unpaired) electrons. The molecule has 0 atom stereocenters. The number of aromatic nitrogens is 3. The lowest BCUT2D eigenvalue weighted by molar-refractivity contribution is -0.113. The Kier molecular flexibility index (Phi) is 7.22. The summed E-state index contributed by atoms with van der Waals surface area (Å²) in [5, 5.41) is 12.3. The standard InChI is InChI=1S/C26H24N4O2S/c1-3-15-30-25(20-10-7-9-19(2)16-20)28-29-26(30)33-18-24(31)27-21-11-8-14-23(17-21)32-22-12-5-4-6-13-22/h3-14,16-17H,1,15,18H2,2H3,(H,27,31). The van der Waals surface area contributed by atoms with Crippen molar-refractivity contribution >= 4 is 23.4 Å². The molecule has 0 fully saturated rings. The fraction of sp³-hybridized carbons (Fsp3) is 0.115. The maximum absolute atomic E-state index is 12.6. The van der Waals surface area contributed by atoms with E-state index in [2.05, 4.69) is 28.2 Å². The van der Waals surface area contributed by atoms with Gasteiger partial charge in [0, 0.05) is 23.9 Å². The summed E-state index contributed by atoms with van der Waals surface area (Å²) in [5.41, 5.74) is 2.80. The number of hydrogen-bond acceptors (Lipinski definition) is 5. The third-order valence-corrected chi connectivity index (χ3v) is 5.70. The summed E-state index contributed by atoms with van der Waals surface area (Å²) in [6.45, 7) is 6.44. The van der Waals surface area contributed by atoms with Crippen LogP contribution >= 0.6 is 11.8 Å². The van der Waals surface area contributed by atoms with Crippen molar-refractivity contribution in [2.75, 3.05) is 11.1 Å². The van der Waals surface area contributed by atoms with Gasteiger partial charge in [-0.15, -0.1) is 16.8 Å². The summed E-state index contributed by atoms with van der Waals surface area (Å²) in [4.78, 5) is 12.6. The molecule has 0 saturated carbocycles. The number of hydrogen-bond donors (Lipinski definition) is 1. The van der Waals surface area contributed by atoms with Gasteiger partial charge in [0.15, 0.2) is 11.0 Å². The first-order valence-corrected chi connectivity index (χ1v) is 11.5. The zero-order chi connectivity index (χ0) is 23.0. The first kappa shape index (κ1) is 22.4. The molecule has 1 heterocycles. The third kappa shape index (κ3) is 5.90. The number of rotatable bonds is 9. The number of benzene rings is 3. The van der Waals surface area contributed by atoms with Crippen molar-refractivity contribution in [1.29, 1.82) is 0 Å². The average Bonchev–Trinajstić information content (AvgIpc) is 3.21. The number of nitrogens with zero attached hydrogens (tertiary/aromatic N) is 3. The third-order valence-electron chi connectivity index (χ3n) is 4.73. The van der Waals surface area contributed by atoms with Crippen molar-refractivity contribution in [2.24, 2.45) is 0 Å². The van der Waals surface area contributed by atoms with Gasteiger partial charge in [0.2, 0.25) is 5.91 Å². The molecule has 7 heteroatoms. The van der Waals surface area contributed by atoms with E-state index < -0.39 is 0 Å². The van der Waals surface area contributed by atoms with E-state index >= 15 is 0 Å². The summed E-state index contributed by atoms with van der Waals surface area (Å²) >= 11 is 1.34. The molecule has 0 unspecified atom stereocenters. The van der Waals surface area contributed by atoms with E-state index in [1.165, 1.54) is 11.8 Å². The maximum atomic E-state index is 12.6. The van der Waals surface area contributed by atoms with Crippen molar-refractivity contribution in [1.82, 2.24) is 14.8 Å². The summed E-state index contributed by atoms with van der Waals surface area (Å²) in [6.07, 6.45) is 1.80. The number of carbonyl (C=O) groups excluding carboxylic acids is 1. The van der Waals surface area contributed by atoms with Gasteiger partial charge in [-0.05, 0) is 37.3 Å². The van der Waals surface area contributed by atoms with Gasteiger partial charge in [0.1, 0.15) is 11.5 Å². The van der Waals surface area contributed by atoms with Gasteiger partial charge in [-0.1, -0.05) is 65.9 Å². The quantitative estimate of drug-likeness (QED) is 0.248. The lowest BCUT2D eigenvalue weighted by atomic mass is 10.1. The molecule has 0 aliphatic rings. The van der Waals surface area contributed by atoms with Crippen LogP contribution in [0, 0.1) is 6.92 Å². The van der Waals surface area contributed by atoms with Gasteiger partial charge >= 0.3 is 0 Å². The highest BCUT2D eigenvalue weighted by molar-refractivity contribution is 7.99. The molecule has 33 heavy (non-hydrogen) atoms. The minimum Gasteiger partial charge on any atom is -0.457 e. The molecule has 0 spiro atoms. The van der Waals surface area contributed by atoms with Gasteiger partial charge in [0.05, 0.1) is 5.75 Å². The van der Waals surface area contributed by atoms with E-state index in [0.717, 1.165) is 22.7 Å². The molecule has 0 aliphatic heterocycles. The van der Waals surface area contributed by atoms with E-state index in [4.69, 9.17) is 4.74 Å². The highest BCUT2D eigenvalue weighted by Crippen LogP contribution is 2.26. The van der Waals surface area contributed by atoms with Crippen LogP contribution in [0.5, 0.6) is 11.5 Å². The lowest BCUT2D eigenvalue weighted by Crippen LogP contribution is -2.14. The fourth-order valence-corrected chi connectivity index (χ4v) is 4.02. The number of anilines is 1. The largest absolute Gasteiger partial charge is 0.457 e. The average molecular weight is 457 g/mol. The van der Waals surface area contributed by atoms with Crippen molar-refractivity contribution in [2.45, 2.75) is 18.6 Å². The molecule has 0 aliphatic carbocycles. The van der Waals surface area contributed by atoms with E-state index in [1.54, 1.807) is 12.1 Å². The number of aryl methyl sites for hydroxylation is 1. The zero-order valence-electron chi connectivity index (χ0n) is 18.3. The Morgan fingerprint density at radius 2 is 1.82 bits per heavy atom. The number of ether oxygens (including phenoxy) is 1. The van der Waals surface area contributed by atoms with E-state index in [-0.39, 0.29) is 11.7 Å². The molecule has 1 aromatic heterocycles. The van der Waals surface area contributed by atoms with Crippen molar-refractivity contribution < 1.29 is 9.53 Å². The summed E-state index contributed by atoms with van der Waals surface area (Å²) in [5.74, 6) is 2.21. The Morgan fingerprint density at radius 1 is 1.03 bits per heavy atom. The van der Waals surface area contributed by atoms with Crippen LogP contribution in [0.1, 0.15) is 5.56 Å². The Hall–Kier alpha value is -3.84. The highest BCUT2D eigenvalue weighted by atomic mass is 32.2. The van der Waals surface area contributed by atoms with Crippen molar-refractivity contribution in [3.05, 3.63) is 97.1 Å². The number of allylic oxidation sites excluding steroid dienone is 1. The van der Waals surface area contributed by atoms with Crippen LogP contribution in [-0.4, -0.2) is 26.4 Å². The highest BCUT2D eigenvalue weighted by Gasteiger charge is 2.15. The normalized spacial score (nSPS) is 10.6. The Bertz CT molecular complexity index is 1250. The topological polar surface area (TPSA) is 69.0 Å². The predicted octanol–water partition coefficient (Wildman–Crippen LogP) is 5.96. The molecule has 1 amide bonds. The SMILES string of the molecule is C=CCn1c(SCC(=O)Nc2cccc(Oc3ccccc3)c2)nnc1-c1cccc(C)c1. The molecule has 6 nitrogen and oxygen atoms in total. The van der Waals surface area contributed by atoms with E-state index in [0.29, 0.717) is 23.1 Å². The van der Waals surface area contributed by atoms with Crippen LogP contribution in [-0.2, 0) is 11.3 Å². The van der Waals surface area contributed by atoms with Gasteiger partial charge in [-0.3, -0.25) is 9.36 Å². The van der Waals surface area contributed by atoms with Crippen LogP contribution in [0.3, 0.4) is 0 Å². The summed E-state index contributed by atoms with van der Waals surface area (Å²) in [7, 11) is 0. The van der Waals surface area contributed by atoms with Gasteiger partial charge in [0.25, 0.3) is 0 Å². The second kappa shape index (κ2) is 10.7. The number of thioether (sulfide) groups is 1. The van der Waals surface area contributed by atoms with Crippen molar-refractivity contribution in [3.63, 3.8) is 0 Å². The van der Waals surface area contributed by atoms with Crippen LogP contribution < -0.4 is 10.1 Å². The number of nitrogens with one attached hydrogen (secondary N) is 1. The van der Waals surface area contributed by atoms with E-state index in [1.807, 2.05) is 78.2 Å². The smallest absolute Gasteiger partial charge is 0.234 e. The summed E-state index contributed by atoms with van der Waals surface area (Å²) < 4.78 is 7.80. The molecule has 0 saturated heterocycles. The van der Waals surface area contributed by atoms with Crippen LogP contribution in [0.25, 0.3) is 11.4 Å². The monoisotopic (exact) mass is 456 g/mol. The second-order valence-electron chi connectivity index (χ2n) is 7.35. The molecule has 4 aromatic rings. The predicted molar refractivity (Wildman–Crippen MR) is 133 cm³/mol. The van der Waals surface area contributed by atoms with Crippen LogP contribution in [0.4, 0.5) is 5.69 Å². The Balaban J connectivity index is 1.41. The molecule has 0 bridgehead atoms. The summed E-state index contributed by atoms with van der Waals surface area (Å²) in [6, 6.07) is 24.9. The molecule has 1 N–H and O–H groups in total. The van der Waals surface area contributed by atoms with Crippen LogP contribution in [0.15, 0.2) is 96.7 Å². The Morgan fingerprint density at radius 3 is 2.61 bits per heavy atom.